The van der Waals surface area contributed by atoms with Crippen LogP contribution in [0.15, 0.2) is 12.1 Å². The molecule has 0 radical (unpaired) electrons. The van der Waals surface area contributed by atoms with Gasteiger partial charge in [0.05, 0.1) is 17.6 Å². The summed E-state index contributed by atoms with van der Waals surface area (Å²) < 4.78 is 5.06. The van der Waals surface area contributed by atoms with Crippen molar-refractivity contribution in [1.29, 1.82) is 0 Å². The fraction of sp³-hybridized carbons (Fsp3) is 0.579. The van der Waals surface area contributed by atoms with Crippen molar-refractivity contribution in [3.63, 3.8) is 0 Å². The minimum absolute atomic E-state index is 0.0166. The first-order valence-corrected chi connectivity index (χ1v) is 8.99. The maximum atomic E-state index is 13.0. The van der Waals surface area contributed by atoms with Gasteiger partial charge in [-0.05, 0) is 68.3 Å². The highest BCUT2D eigenvalue weighted by molar-refractivity contribution is 5.95. The van der Waals surface area contributed by atoms with Gasteiger partial charge in [-0.1, -0.05) is 0 Å². The molecule has 0 aromatic heterocycles. The number of esters is 1. The number of ketones is 1. The molecule has 3 atom stereocenters. The van der Waals surface area contributed by atoms with Gasteiger partial charge in [0.1, 0.15) is 11.5 Å². The Hall–Kier alpha value is -1.92. The van der Waals surface area contributed by atoms with Crippen LogP contribution in [0, 0.1) is 11.1 Å². The Morgan fingerprint density at radius 1 is 1.48 bits per heavy atom. The largest absolute Gasteiger partial charge is 0.785 e. The lowest BCUT2D eigenvalue weighted by Crippen LogP contribution is -2.62. The zero-order chi connectivity index (χ0) is 17.8. The van der Waals surface area contributed by atoms with E-state index in [1.807, 2.05) is 0 Å². The molecule has 2 aliphatic carbocycles. The van der Waals surface area contributed by atoms with Gasteiger partial charge >= 0.3 is 5.97 Å². The Morgan fingerprint density at radius 2 is 2.28 bits per heavy atom. The number of aromatic hydroxyl groups is 1. The molecule has 1 saturated carbocycles. The van der Waals surface area contributed by atoms with Gasteiger partial charge in [0.25, 0.3) is 0 Å². The Kier molecular flexibility index (Phi) is 3.85. The quantitative estimate of drug-likeness (QED) is 0.828. The number of piperidine rings is 1. The third kappa shape index (κ3) is 2.24. The lowest BCUT2D eigenvalue weighted by molar-refractivity contribution is -0.134. The van der Waals surface area contributed by atoms with Gasteiger partial charge in [0, 0.05) is 12.5 Å². The smallest absolute Gasteiger partial charge is 0.338 e. The molecule has 2 fully saturated rings. The third-order valence-electron chi connectivity index (χ3n) is 6.24. The van der Waals surface area contributed by atoms with Gasteiger partial charge in [0.15, 0.2) is 0 Å². The normalized spacial score (nSPS) is 31.2. The summed E-state index contributed by atoms with van der Waals surface area (Å²) in [6.45, 7) is 2.29. The summed E-state index contributed by atoms with van der Waals surface area (Å²) in [7, 11) is 0. The number of hydroxylamine groups is 2. The van der Waals surface area contributed by atoms with Crippen LogP contribution >= 0.6 is 0 Å². The number of nitrogens with zero attached hydrogens (tertiary/aromatic N) is 1. The van der Waals surface area contributed by atoms with Gasteiger partial charge in [-0.2, -0.15) is 0 Å². The first-order valence-electron chi connectivity index (χ1n) is 8.99. The summed E-state index contributed by atoms with van der Waals surface area (Å²) in [6, 6.07) is 2.84. The van der Waals surface area contributed by atoms with Crippen LogP contribution in [0.25, 0.3) is 0 Å². The number of ether oxygens (including phenoxy) is 1. The van der Waals surface area contributed by atoms with Crippen molar-refractivity contribution < 1.29 is 19.4 Å². The van der Waals surface area contributed by atoms with E-state index >= 15 is 0 Å². The molecule has 2 bridgehead atoms. The molecule has 1 heterocycles. The molecule has 25 heavy (non-hydrogen) atoms. The fourth-order valence-electron chi connectivity index (χ4n) is 5.20. The minimum atomic E-state index is -0.739. The molecule has 1 saturated heterocycles. The van der Waals surface area contributed by atoms with Gasteiger partial charge in [0.2, 0.25) is 0 Å². The van der Waals surface area contributed by atoms with E-state index in [9.17, 15) is 19.9 Å². The molecule has 1 aromatic rings. The summed E-state index contributed by atoms with van der Waals surface area (Å²) in [5, 5.41) is 24.0. The predicted octanol–water partition coefficient (Wildman–Crippen LogP) is 2.30. The van der Waals surface area contributed by atoms with Crippen molar-refractivity contribution in [2.45, 2.75) is 50.5 Å². The topological polar surface area (TPSA) is 89.9 Å². The highest BCUT2D eigenvalue weighted by Gasteiger charge is 2.57. The Morgan fingerprint density at radius 3 is 3.04 bits per heavy atom. The second-order valence-electron chi connectivity index (χ2n) is 7.30. The molecule has 6 heteroatoms. The summed E-state index contributed by atoms with van der Waals surface area (Å²) in [5.41, 5.74) is 0.921. The van der Waals surface area contributed by atoms with Crippen LogP contribution in [0.1, 0.15) is 54.1 Å². The van der Waals surface area contributed by atoms with Crippen LogP contribution in [0.2, 0.25) is 0 Å². The van der Waals surface area contributed by atoms with Crippen LogP contribution in [0.4, 0.5) is 0 Å². The first-order chi connectivity index (χ1) is 12.0. The zero-order valence-corrected chi connectivity index (χ0v) is 14.3. The number of phenols is 1. The van der Waals surface area contributed by atoms with Crippen molar-refractivity contribution in [3.8, 4) is 5.75 Å². The Bertz CT molecular complexity index is 746. The van der Waals surface area contributed by atoms with Crippen LogP contribution in [-0.2, 0) is 21.4 Å². The first kappa shape index (κ1) is 16.5. The number of carbonyl (C=O) groups is 2. The summed E-state index contributed by atoms with van der Waals surface area (Å²) in [5.74, 6) is -0.412. The molecule has 0 amide bonds. The molecule has 1 aliphatic heterocycles. The molecule has 4 rings (SSSR count). The Balaban J connectivity index is 1.91. The average Bonchev–Trinajstić information content (AvgIpc) is 2.59. The number of hydrogen-bond acceptors (Lipinski definition) is 6. The van der Waals surface area contributed by atoms with Crippen molar-refractivity contribution >= 4 is 11.8 Å². The summed E-state index contributed by atoms with van der Waals surface area (Å²) in [4.78, 5) is 25.2. The number of Topliss-reactive ketones (excluding diaryl/α,β-unsaturated/α-hetero) is 1. The molecule has 134 valence electrons. The van der Waals surface area contributed by atoms with E-state index in [1.54, 1.807) is 13.0 Å². The number of rotatable bonds is 2. The molecule has 6 nitrogen and oxygen atoms in total. The molecule has 3 aliphatic rings. The second-order valence-corrected chi connectivity index (χ2v) is 7.30. The fourth-order valence-corrected chi connectivity index (χ4v) is 5.20. The Labute approximate surface area is 146 Å². The number of carbonyl (C=O) groups excluding carboxylic acids is 2. The number of phenolic OH excluding ortho intramolecular Hbond substituents is 1. The molecule has 1 aromatic carbocycles. The van der Waals surface area contributed by atoms with E-state index in [1.165, 1.54) is 6.07 Å². The van der Waals surface area contributed by atoms with Crippen molar-refractivity contribution in [2.24, 2.45) is 5.92 Å². The number of fused-ring (bicyclic) bond motifs is 1. The van der Waals surface area contributed by atoms with Crippen molar-refractivity contribution in [3.05, 3.63) is 34.0 Å². The maximum Gasteiger partial charge on any atom is 0.338 e. The van der Waals surface area contributed by atoms with E-state index < -0.39 is 11.4 Å². The molecule has 1 N–H and O–H groups in total. The van der Waals surface area contributed by atoms with E-state index in [0.29, 0.717) is 31.4 Å². The highest BCUT2D eigenvalue weighted by atomic mass is 16.5. The number of hydrogen-bond donors (Lipinski definition) is 1. The van der Waals surface area contributed by atoms with Crippen LogP contribution < -0.4 is 0 Å². The molecule has 0 unspecified atom stereocenters. The summed E-state index contributed by atoms with van der Waals surface area (Å²) >= 11 is 0. The molecular weight excluding hydrogens is 322 g/mol. The van der Waals surface area contributed by atoms with Crippen molar-refractivity contribution in [1.82, 2.24) is 5.06 Å². The van der Waals surface area contributed by atoms with Gasteiger partial charge in [-0.15, -0.1) is 0 Å². The lowest BCUT2D eigenvalue weighted by Gasteiger charge is -2.60. The van der Waals surface area contributed by atoms with Gasteiger partial charge in [-0.3, -0.25) is 4.79 Å². The van der Waals surface area contributed by atoms with Gasteiger partial charge < -0.3 is 20.1 Å². The van der Waals surface area contributed by atoms with E-state index in [4.69, 9.17) is 4.74 Å². The standard InChI is InChI=1S/C19H22NO5/c1-2-25-18(23)11-8-14-12(16(21)9-11)10-15-13-4-3-5-17(22)19(13,14)6-7-20(15)24/h8-9,13,15,21H,2-7,10H2,1H3/q-1/t13-,15+,19-/m0/s1. The second kappa shape index (κ2) is 5.81. The molecular formula is C19H22NO5-. The van der Waals surface area contributed by atoms with Crippen LogP contribution in [0.5, 0.6) is 5.75 Å². The number of benzene rings is 1. The SMILES string of the molecule is CCOC(=O)c1cc(O)c2c(c1)[C@]13CCN([O-])[C@H](C2)[C@@H]1CCCC3=O. The lowest BCUT2D eigenvalue weighted by atomic mass is 9.52. The van der Waals surface area contributed by atoms with E-state index in [0.717, 1.165) is 23.5 Å². The average molecular weight is 344 g/mol. The van der Waals surface area contributed by atoms with E-state index in [-0.39, 0.29) is 35.7 Å². The minimum Gasteiger partial charge on any atom is -0.785 e. The van der Waals surface area contributed by atoms with Crippen LogP contribution in [-0.4, -0.2) is 41.1 Å². The maximum absolute atomic E-state index is 13.0. The van der Waals surface area contributed by atoms with Gasteiger partial charge in [-0.25, -0.2) is 4.79 Å². The monoisotopic (exact) mass is 344 g/mol. The zero-order valence-electron chi connectivity index (χ0n) is 14.3. The highest BCUT2D eigenvalue weighted by Crippen LogP contribution is 2.55. The summed E-state index contributed by atoms with van der Waals surface area (Å²) in [6.07, 6.45) is 3.00. The van der Waals surface area contributed by atoms with Crippen LogP contribution in [0.3, 0.4) is 0 Å². The van der Waals surface area contributed by atoms with E-state index in [2.05, 4.69) is 0 Å². The molecule has 0 spiro atoms. The van der Waals surface area contributed by atoms with Crippen molar-refractivity contribution in [2.75, 3.05) is 13.2 Å². The predicted molar refractivity (Wildman–Crippen MR) is 90.3 cm³/mol. The third-order valence-corrected chi connectivity index (χ3v) is 6.24.